The van der Waals surface area contributed by atoms with Gasteiger partial charge in [-0.2, -0.15) is 5.10 Å². The predicted molar refractivity (Wildman–Crippen MR) is 82.7 cm³/mol. The second-order valence-electron chi connectivity index (χ2n) is 6.13. The maximum absolute atomic E-state index is 12.1. The molecule has 2 fully saturated rings. The molecule has 112 valence electrons. The second kappa shape index (κ2) is 4.43. The monoisotopic (exact) mass is 305 g/mol. The van der Waals surface area contributed by atoms with E-state index in [9.17, 15) is 4.79 Å². The third kappa shape index (κ3) is 1.87. The van der Waals surface area contributed by atoms with Gasteiger partial charge >= 0.3 is 0 Å². The van der Waals surface area contributed by atoms with Gasteiger partial charge in [-0.3, -0.25) is 4.79 Å². The Labute approximate surface area is 127 Å². The van der Waals surface area contributed by atoms with Crippen molar-refractivity contribution in [1.82, 2.24) is 19.7 Å². The highest BCUT2D eigenvalue weighted by Gasteiger charge is 2.40. The molecule has 21 heavy (non-hydrogen) atoms. The van der Waals surface area contributed by atoms with Gasteiger partial charge in [0.2, 0.25) is 5.91 Å². The van der Waals surface area contributed by atoms with Crippen molar-refractivity contribution < 1.29 is 4.79 Å². The van der Waals surface area contributed by atoms with Crippen LogP contribution >= 0.6 is 11.3 Å². The van der Waals surface area contributed by atoms with Crippen LogP contribution in [-0.4, -0.2) is 51.2 Å². The second-order valence-corrected chi connectivity index (χ2v) is 7.11. The molecule has 2 bridgehead atoms. The number of likely N-dealkylation sites (tertiary alicyclic amines) is 1. The Balaban J connectivity index is 1.77. The Morgan fingerprint density at radius 2 is 2.00 bits per heavy atom. The van der Waals surface area contributed by atoms with Crippen molar-refractivity contribution in [2.75, 3.05) is 18.5 Å². The quantitative estimate of drug-likeness (QED) is 0.802. The summed E-state index contributed by atoms with van der Waals surface area (Å²) in [4.78, 5) is 21.2. The molecule has 0 spiro atoms. The van der Waals surface area contributed by atoms with Crippen LogP contribution < -0.4 is 4.90 Å². The number of fused-ring (bicyclic) bond motifs is 3. The molecule has 4 rings (SSSR count). The highest BCUT2D eigenvalue weighted by molar-refractivity contribution is 7.22. The van der Waals surface area contributed by atoms with Crippen molar-refractivity contribution in [3.8, 4) is 0 Å². The van der Waals surface area contributed by atoms with Crippen molar-refractivity contribution in [3.05, 3.63) is 5.69 Å². The molecule has 0 aliphatic carbocycles. The number of carbonyl (C=O) groups is 1. The minimum absolute atomic E-state index is 0.256. The summed E-state index contributed by atoms with van der Waals surface area (Å²) in [6.45, 7) is 2.83. The number of thiazole rings is 1. The fourth-order valence-electron chi connectivity index (χ4n) is 3.61. The Hall–Kier alpha value is -1.63. The number of likely N-dealkylation sites (N-methyl/N-ethyl adjacent to an activating group) is 1. The zero-order valence-corrected chi connectivity index (χ0v) is 13.4. The van der Waals surface area contributed by atoms with Gasteiger partial charge in [-0.05, 0) is 19.8 Å². The zero-order chi connectivity index (χ0) is 14.7. The van der Waals surface area contributed by atoms with Gasteiger partial charge in [-0.25, -0.2) is 9.67 Å². The van der Waals surface area contributed by atoms with Crippen LogP contribution in [0, 0.1) is 6.92 Å². The summed E-state index contributed by atoms with van der Waals surface area (Å²) >= 11 is 1.71. The van der Waals surface area contributed by atoms with E-state index < -0.39 is 0 Å². The number of nitrogens with zero attached hydrogens (tertiary/aromatic N) is 5. The molecule has 4 heterocycles. The molecule has 2 aliphatic heterocycles. The summed E-state index contributed by atoms with van der Waals surface area (Å²) in [5.41, 5.74) is 1.99. The van der Waals surface area contributed by atoms with Gasteiger partial charge in [0.15, 0.2) is 10.8 Å². The lowest BCUT2D eigenvalue weighted by Gasteiger charge is -2.27. The van der Waals surface area contributed by atoms with Crippen molar-refractivity contribution in [1.29, 1.82) is 0 Å². The van der Waals surface area contributed by atoms with Gasteiger partial charge in [0.25, 0.3) is 0 Å². The molecule has 7 heteroatoms. The molecule has 0 saturated carbocycles. The van der Waals surface area contributed by atoms with E-state index in [1.165, 1.54) is 0 Å². The van der Waals surface area contributed by atoms with Crippen LogP contribution in [0.25, 0.3) is 10.3 Å². The lowest BCUT2D eigenvalue weighted by atomic mass is 10.1. The number of anilines is 1. The minimum Gasteiger partial charge on any atom is -0.344 e. The number of aromatic nitrogens is 3. The fourth-order valence-corrected chi connectivity index (χ4v) is 4.79. The smallest absolute Gasteiger partial charge is 0.224 e. The summed E-state index contributed by atoms with van der Waals surface area (Å²) in [5.74, 6) is 0.256. The third-order valence-electron chi connectivity index (χ3n) is 4.69. The fraction of sp³-hybridized carbons (Fsp3) is 0.643. The molecule has 1 amide bonds. The average molecular weight is 305 g/mol. The molecule has 0 radical (unpaired) electrons. The number of rotatable bonds is 1. The van der Waals surface area contributed by atoms with Crippen LogP contribution in [0.4, 0.5) is 5.13 Å². The zero-order valence-electron chi connectivity index (χ0n) is 12.5. The Morgan fingerprint density at radius 3 is 2.76 bits per heavy atom. The molecular formula is C14H19N5OS. The number of amides is 1. The lowest BCUT2D eigenvalue weighted by molar-refractivity contribution is -0.129. The number of carbonyl (C=O) groups excluding carboxylic acids is 1. The maximum atomic E-state index is 12.1. The molecule has 0 N–H and O–H groups in total. The first-order valence-electron chi connectivity index (χ1n) is 7.37. The first-order chi connectivity index (χ1) is 10.0. The summed E-state index contributed by atoms with van der Waals surface area (Å²) in [7, 11) is 3.85. The topological polar surface area (TPSA) is 54.3 Å². The summed E-state index contributed by atoms with van der Waals surface area (Å²) in [5, 5.41) is 5.47. The predicted octanol–water partition coefficient (Wildman–Crippen LogP) is 1.54. The number of aryl methyl sites for hydroxylation is 2. The van der Waals surface area contributed by atoms with Gasteiger partial charge in [0.05, 0.1) is 10.4 Å². The van der Waals surface area contributed by atoms with Crippen molar-refractivity contribution in [3.63, 3.8) is 0 Å². The van der Waals surface area contributed by atoms with Crippen LogP contribution in [0.1, 0.15) is 25.0 Å². The molecule has 0 aromatic carbocycles. The first kappa shape index (κ1) is 13.1. The molecular weight excluding hydrogens is 286 g/mol. The highest BCUT2D eigenvalue weighted by Crippen LogP contribution is 2.39. The molecule has 2 saturated heterocycles. The van der Waals surface area contributed by atoms with E-state index >= 15 is 0 Å². The van der Waals surface area contributed by atoms with Crippen LogP contribution in [0.5, 0.6) is 0 Å². The standard InChI is InChI=1S/C14H19N5OS/c1-8-12-13(18(3)16-8)15-14(21-12)19-9-4-5-10(19)7-17(2)11(20)6-9/h9-10H,4-7H2,1-3H3/t9-,10+/m1/s1. The normalized spacial score (nSPS) is 26.0. The van der Waals surface area contributed by atoms with Crippen LogP contribution in [0.3, 0.4) is 0 Å². The van der Waals surface area contributed by atoms with E-state index in [0.29, 0.717) is 18.5 Å². The van der Waals surface area contributed by atoms with Crippen molar-refractivity contribution in [2.24, 2.45) is 7.05 Å². The summed E-state index contributed by atoms with van der Waals surface area (Å²) in [6.07, 6.45) is 2.85. The van der Waals surface area contributed by atoms with E-state index in [1.807, 2.05) is 30.6 Å². The molecule has 2 aromatic heterocycles. The maximum Gasteiger partial charge on any atom is 0.224 e. The van der Waals surface area contributed by atoms with Gasteiger partial charge in [-0.15, -0.1) is 0 Å². The van der Waals surface area contributed by atoms with Crippen LogP contribution in [0.15, 0.2) is 0 Å². The van der Waals surface area contributed by atoms with E-state index in [2.05, 4.69) is 10.00 Å². The van der Waals surface area contributed by atoms with Gasteiger partial charge in [0, 0.05) is 39.1 Å². The van der Waals surface area contributed by atoms with E-state index in [0.717, 1.165) is 40.6 Å². The van der Waals surface area contributed by atoms with Crippen molar-refractivity contribution >= 4 is 32.7 Å². The molecule has 6 nitrogen and oxygen atoms in total. The largest absolute Gasteiger partial charge is 0.344 e. The van der Waals surface area contributed by atoms with E-state index in [4.69, 9.17) is 4.98 Å². The first-order valence-corrected chi connectivity index (χ1v) is 8.18. The Bertz CT molecular complexity index is 686. The van der Waals surface area contributed by atoms with Crippen LogP contribution in [0.2, 0.25) is 0 Å². The molecule has 0 unspecified atom stereocenters. The van der Waals surface area contributed by atoms with Crippen molar-refractivity contribution in [2.45, 2.75) is 38.3 Å². The Kier molecular flexibility index (Phi) is 2.76. The number of hydrogen-bond acceptors (Lipinski definition) is 5. The Morgan fingerprint density at radius 1 is 1.24 bits per heavy atom. The average Bonchev–Trinajstić information content (AvgIpc) is 3.05. The summed E-state index contributed by atoms with van der Waals surface area (Å²) < 4.78 is 3.01. The minimum atomic E-state index is 0.256. The molecule has 2 aliphatic rings. The van der Waals surface area contributed by atoms with Gasteiger partial charge < -0.3 is 9.80 Å². The SMILES string of the molecule is Cc1nn(C)c2nc(N3[C@@H]4CC[C@H]3CN(C)C(=O)C4)sc12. The van der Waals surface area contributed by atoms with E-state index in [1.54, 1.807) is 11.3 Å². The molecule has 2 atom stereocenters. The highest BCUT2D eigenvalue weighted by atomic mass is 32.1. The van der Waals surface area contributed by atoms with Gasteiger partial charge in [-0.1, -0.05) is 11.3 Å². The van der Waals surface area contributed by atoms with E-state index in [-0.39, 0.29) is 5.91 Å². The van der Waals surface area contributed by atoms with Gasteiger partial charge in [0.1, 0.15) is 0 Å². The summed E-state index contributed by atoms with van der Waals surface area (Å²) in [6, 6.07) is 0.710. The molecule has 2 aromatic rings. The van der Waals surface area contributed by atoms with Crippen LogP contribution in [-0.2, 0) is 11.8 Å². The third-order valence-corrected chi connectivity index (χ3v) is 5.86. The lowest BCUT2D eigenvalue weighted by Crippen LogP contribution is -2.38. The number of hydrogen-bond donors (Lipinski definition) is 0.